The average molecular weight is 404 g/mol. The first-order valence-corrected chi connectivity index (χ1v) is 9.90. The lowest BCUT2D eigenvalue weighted by atomic mass is 9.97. The zero-order valence-corrected chi connectivity index (χ0v) is 16.2. The van der Waals surface area contributed by atoms with Crippen LogP contribution < -0.4 is 5.32 Å². The van der Waals surface area contributed by atoms with Gasteiger partial charge in [0.2, 0.25) is 5.91 Å². The van der Waals surface area contributed by atoms with Gasteiger partial charge in [-0.2, -0.15) is 5.10 Å². The van der Waals surface area contributed by atoms with Crippen molar-refractivity contribution in [3.8, 4) is 11.1 Å². The van der Waals surface area contributed by atoms with Gasteiger partial charge in [-0.1, -0.05) is 11.6 Å². The molecule has 0 aromatic carbocycles. The van der Waals surface area contributed by atoms with Gasteiger partial charge in [0.15, 0.2) is 0 Å². The summed E-state index contributed by atoms with van der Waals surface area (Å²) in [5, 5.41) is 16.9. The molecule has 9 heteroatoms. The van der Waals surface area contributed by atoms with Crippen molar-refractivity contribution in [3.63, 3.8) is 0 Å². The number of aromatic nitrogens is 3. The van der Waals surface area contributed by atoms with Gasteiger partial charge in [0, 0.05) is 42.7 Å². The van der Waals surface area contributed by atoms with Crippen LogP contribution in [0.25, 0.3) is 11.1 Å². The molecule has 28 heavy (non-hydrogen) atoms. The monoisotopic (exact) mass is 403 g/mol. The molecule has 2 amide bonds. The number of halogens is 1. The van der Waals surface area contributed by atoms with Crippen molar-refractivity contribution in [3.05, 3.63) is 29.2 Å². The van der Waals surface area contributed by atoms with E-state index in [2.05, 4.69) is 15.4 Å². The Balaban J connectivity index is 1.53. The van der Waals surface area contributed by atoms with E-state index in [0.717, 1.165) is 42.6 Å². The van der Waals surface area contributed by atoms with Gasteiger partial charge in [-0.25, -0.2) is 9.78 Å². The van der Waals surface area contributed by atoms with Gasteiger partial charge >= 0.3 is 6.09 Å². The highest BCUT2D eigenvalue weighted by atomic mass is 35.5. The maximum Gasteiger partial charge on any atom is 0.407 e. The minimum Gasteiger partial charge on any atom is -0.465 e. The van der Waals surface area contributed by atoms with Crippen LogP contribution in [0.3, 0.4) is 0 Å². The average Bonchev–Trinajstić information content (AvgIpc) is 3.13. The van der Waals surface area contributed by atoms with Crippen molar-refractivity contribution in [2.24, 2.45) is 5.92 Å². The van der Waals surface area contributed by atoms with Crippen molar-refractivity contribution < 1.29 is 14.7 Å². The van der Waals surface area contributed by atoms with Crippen LogP contribution in [-0.2, 0) is 17.8 Å². The molecule has 2 aromatic heterocycles. The predicted octanol–water partition coefficient (Wildman–Crippen LogP) is 3.26. The predicted molar refractivity (Wildman–Crippen MR) is 104 cm³/mol. The molecule has 1 fully saturated rings. The van der Waals surface area contributed by atoms with Crippen LogP contribution in [0, 0.1) is 5.92 Å². The fraction of sp³-hybridized carbons (Fsp3) is 0.474. The second-order valence-corrected chi connectivity index (χ2v) is 7.70. The van der Waals surface area contributed by atoms with Gasteiger partial charge in [-0.05, 0) is 38.2 Å². The summed E-state index contributed by atoms with van der Waals surface area (Å²) in [6.07, 6.45) is 6.88. The first kappa shape index (κ1) is 18.7. The molecular weight excluding hydrogens is 382 g/mol. The van der Waals surface area contributed by atoms with Crippen molar-refractivity contribution >= 4 is 29.4 Å². The number of likely N-dealkylation sites (tertiary alicyclic amines) is 1. The normalized spacial score (nSPS) is 19.2. The summed E-state index contributed by atoms with van der Waals surface area (Å²) < 4.78 is 2.01. The summed E-state index contributed by atoms with van der Waals surface area (Å²) in [4.78, 5) is 29.3. The molecule has 2 aliphatic rings. The molecule has 1 saturated heterocycles. The summed E-state index contributed by atoms with van der Waals surface area (Å²) in [6.45, 7) is 1.58. The number of anilines is 1. The molecule has 2 aromatic rings. The van der Waals surface area contributed by atoms with E-state index in [1.165, 1.54) is 11.1 Å². The number of amides is 2. The Kier molecular flexibility index (Phi) is 5.21. The lowest BCUT2D eigenvalue weighted by Gasteiger charge is -2.29. The van der Waals surface area contributed by atoms with E-state index in [1.807, 2.05) is 10.9 Å². The molecule has 4 rings (SSSR count). The van der Waals surface area contributed by atoms with E-state index in [4.69, 9.17) is 16.7 Å². The largest absolute Gasteiger partial charge is 0.465 e. The topological polar surface area (TPSA) is 100 Å². The molecule has 0 radical (unpaired) electrons. The fourth-order valence-electron chi connectivity index (χ4n) is 3.95. The number of carbonyl (C=O) groups excluding carboxylic acids is 1. The molecule has 2 N–H and O–H groups in total. The maximum absolute atomic E-state index is 12.6. The van der Waals surface area contributed by atoms with Crippen molar-refractivity contribution in [2.75, 3.05) is 18.4 Å². The summed E-state index contributed by atoms with van der Waals surface area (Å²) in [5.41, 5.74) is 2.92. The highest BCUT2D eigenvalue weighted by Gasteiger charge is 2.28. The number of pyridine rings is 1. The van der Waals surface area contributed by atoms with Gasteiger partial charge in [0.1, 0.15) is 5.82 Å². The quantitative estimate of drug-likeness (QED) is 0.819. The maximum atomic E-state index is 12.6. The number of hydrogen-bond donors (Lipinski definition) is 2. The zero-order valence-electron chi connectivity index (χ0n) is 15.4. The minimum absolute atomic E-state index is 0.207. The smallest absolute Gasteiger partial charge is 0.407 e. The van der Waals surface area contributed by atoms with E-state index >= 15 is 0 Å². The summed E-state index contributed by atoms with van der Waals surface area (Å²) in [5.74, 6) is -0.189. The molecule has 4 heterocycles. The summed E-state index contributed by atoms with van der Waals surface area (Å²) in [6, 6.07) is 1.77. The molecule has 2 aliphatic heterocycles. The minimum atomic E-state index is -0.990. The summed E-state index contributed by atoms with van der Waals surface area (Å²) in [7, 11) is 0. The van der Waals surface area contributed by atoms with E-state index < -0.39 is 6.09 Å². The number of rotatable bonds is 3. The van der Waals surface area contributed by atoms with Crippen LogP contribution in [0.5, 0.6) is 0 Å². The van der Waals surface area contributed by atoms with Crippen LogP contribution in [0.15, 0.2) is 18.5 Å². The fourth-order valence-corrected chi connectivity index (χ4v) is 4.16. The van der Waals surface area contributed by atoms with E-state index in [0.29, 0.717) is 30.2 Å². The molecule has 0 bridgehead atoms. The van der Waals surface area contributed by atoms with Crippen LogP contribution >= 0.6 is 11.6 Å². The molecule has 8 nitrogen and oxygen atoms in total. The molecule has 1 atom stereocenters. The van der Waals surface area contributed by atoms with Crippen molar-refractivity contribution in [2.45, 2.75) is 38.6 Å². The third kappa shape index (κ3) is 3.69. The standard InChI is InChI=1S/C19H22ClN5O3/c20-15-10-21-17(23-18(26)12-4-3-6-24(11-12)19(27)28)8-13(15)14-9-22-25-7-2-1-5-16(14)25/h8-10,12H,1-7,11H2,(H,27,28)(H,21,23,26). The van der Waals surface area contributed by atoms with Crippen LogP contribution in [0.1, 0.15) is 31.4 Å². The third-order valence-electron chi connectivity index (χ3n) is 5.44. The zero-order chi connectivity index (χ0) is 19.7. The van der Waals surface area contributed by atoms with Gasteiger partial charge in [0.25, 0.3) is 0 Å². The second kappa shape index (κ2) is 7.79. The number of nitrogens with zero attached hydrogens (tertiary/aromatic N) is 4. The number of fused-ring (bicyclic) bond motifs is 1. The van der Waals surface area contributed by atoms with E-state index in [9.17, 15) is 9.59 Å². The van der Waals surface area contributed by atoms with Gasteiger partial charge < -0.3 is 15.3 Å². The molecule has 148 valence electrons. The number of piperidine rings is 1. The number of carboxylic acid groups (broad SMARTS) is 1. The number of carbonyl (C=O) groups is 2. The van der Waals surface area contributed by atoms with Crippen LogP contribution in [-0.4, -0.2) is 49.9 Å². The Hall–Kier alpha value is -2.61. The first-order valence-electron chi connectivity index (χ1n) is 9.52. The number of hydrogen-bond acceptors (Lipinski definition) is 4. The van der Waals surface area contributed by atoms with E-state index in [1.54, 1.807) is 6.07 Å². The van der Waals surface area contributed by atoms with Crippen LogP contribution in [0.4, 0.5) is 10.6 Å². The lowest BCUT2D eigenvalue weighted by molar-refractivity contribution is -0.121. The Morgan fingerprint density at radius 3 is 2.86 bits per heavy atom. The molecule has 0 aliphatic carbocycles. The number of nitrogens with one attached hydrogen (secondary N) is 1. The third-order valence-corrected chi connectivity index (χ3v) is 5.74. The van der Waals surface area contributed by atoms with Crippen molar-refractivity contribution in [1.82, 2.24) is 19.7 Å². The molecule has 0 spiro atoms. The number of aryl methyl sites for hydroxylation is 1. The second-order valence-electron chi connectivity index (χ2n) is 7.29. The molecule has 1 unspecified atom stereocenters. The first-order chi connectivity index (χ1) is 13.5. The highest BCUT2D eigenvalue weighted by Crippen LogP contribution is 2.34. The van der Waals surface area contributed by atoms with Gasteiger partial charge in [-0.3, -0.25) is 9.48 Å². The Bertz CT molecular complexity index is 913. The Morgan fingerprint density at radius 1 is 1.18 bits per heavy atom. The summed E-state index contributed by atoms with van der Waals surface area (Å²) >= 11 is 6.39. The SMILES string of the molecule is O=C(Nc1cc(-c2cnn3c2CCCC3)c(Cl)cn1)C1CCCN(C(=O)O)C1. The van der Waals surface area contributed by atoms with Crippen molar-refractivity contribution in [1.29, 1.82) is 0 Å². The molecule has 0 saturated carbocycles. The lowest BCUT2D eigenvalue weighted by Crippen LogP contribution is -2.43. The van der Waals surface area contributed by atoms with Crippen LogP contribution in [0.2, 0.25) is 5.02 Å². The molecular formula is C19H22ClN5O3. The Labute approximate surface area is 167 Å². The highest BCUT2D eigenvalue weighted by molar-refractivity contribution is 6.33. The Morgan fingerprint density at radius 2 is 2.04 bits per heavy atom. The van der Waals surface area contributed by atoms with E-state index in [-0.39, 0.29) is 18.4 Å². The van der Waals surface area contributed by atoms with Gasteiger partial charge in [-0.15, -0.1) is 0 Å². The van der Waals surface area contributed by atoms with Gasteiger partial charge in [0.05, 0.1) is 17.1 Å².